The zero-order valence-electron chi connectivity index (χ0n) is 19.6. The number of hydrogen-bond donors (Lipinski definition) is 1. The average molecular weight is 466 g/mol. The lowest BCUT2D eigenvalue weighted by molar-refractivity contribution is -0.127. The Kier molecular flexibility index (Phi) is 7.40. The number of likely N-dealkylation sites (tertiary alicyclic amines) is 1. The van der Waals surface area contributed by atoms with Crippen molar-refractivity contribution >= 4 is 34.7 Å². The summed E-state index contributed by atoms with van der Waals surface area (Å²) >= 11 is 0. The second-order valence-corrected chi connectivity index (χ2v) is 8.53. The fourth-order valence-electron chi connectivity index (χ4n) is 4.52. The number of aromatic nitrogens is 1. The Hall–Kier alpha value is -3.48. The topological polar surface area (TPSA) is 75.4 Å². The van der Waals surface area contributed by atoms with Gasteiger partial charge in [0.1, 0.15) is 17.2 Å². The Balaban J connectivity index is 0.00000111. The number of aryl methyl sites for hydroxylation is 1. The van der Waals surface area contributed by atoms with Crippen LogP contribution in [0.1, 0.15) is 51.2 Å². The first-order chi connectivity index (χ1) is 16.5. The molecule has 2 aliphatic heterocycles. The van der Waals surface area contributed by atoms with E-state index in [2.05, 4.69) is 10.3 Å². The molecule has 0 atom stereocenters. The minimum Gasteiger partial charge on any atom is -0.464 e. The second kappa shape index (κ2) is 10.6. The number of halogens is 1. The van der Waals surface area contributed by atoms with Crippen LogP contribution in [-0.4, -0.2) is 34.8 Å². The van der Waals surface area contributed by atoms with Crippen molar-refractivity contribution in [2.24, 2.45) is 5.92 Å². The molecule has 0 unspecified atom stereocenters. The van der Waals surface area contributed by atoms with E-state index in [0.717, 1.165) is 41.3 Å². The Morgan fingerprint density at radius 3 is 2.85 bits per heavy atom. The van der Waals surface area contributed by atoms with Gasteiger partial charge in [0.15, 0.2) is 0 Å². The van der Waals surface area contributed by atoms with Gasteiger partial charge in [-0.25, -0.2) is 9.37 Å². The average Bonchev–Trinajstić information content (AvgIpc) is 3.25. The van der Waals surface area contributed by atoms with Crippen molar-refractivity contribution in [2.45, 2.75) is 46.0 Å². The summed E-state index contributed by atoms with van der Waals surface area (Å²) in [4.78, 5) is 30.3. The number of furan rings is 1. The Bertz CT molecular complexity index is 1220. The number of nitrogens with one attached hydrogen (secondary N) is 1. The molecule has 6 nitrogen and oxygen atoms in total. The van der Waals surface area contributed by atoms with E-state index in [-0.39, 0.29) is 19.1 Å². The van der Waals surface area contributed by atoms with Crippen LogP contribution in [0.5, 0.6) is 0 Å². The summed E-state index contributed by atoms with van der Waals surface area (Å²) in [6.45, 7) is 5.43. The highest BCUT2D eigenvalue weighted by Gasteiger charge is 2.23. The lowest BCUT2D eigenvalue weighted by Gasteiger charge is -2.31. The second-order valence-electron chi connectivity index (χ2n) is 8.53. The van der Waals surface area contributed by atoms with Crippen molar-refractivity contribution in [3.8, 4) is 0 Å². The third kappa shape index (κ3) is 5.35. The zero-order chi connectivity index (χ0) is 24.1. The van der Waals surface area contributed by atoms with Crippen LogP contribution in [0.4, 0.5) is 10.2 Å². The van der Waals surface area contributed by atoms with Crippen LogP contribution in [0.3, 0.4) is 0 Å². The molecule has 34 heavy (non-hydrogen) atoms. The number of carbonyl (C=O) groups is 2. The number of rotatable bonds is 4. The zero-order valence-corrected chi connectivity index (χ0v) is 19.6. The third-order valence-corrected chi connectivity index (χ3v) is 6.34. The van der Waals surface area contributed by atoms with Gasteiger partial charge in [-0.1, -0.05) is 13.8 Å². The largest absolute Gasteiger partial charge is 0.464 e. The third-order valence-electron chi connectivity index (χ3n) is 6.34. The summed E-state index contributed by atoms with van der Waals surface area (Å²) in [5.74, 6) is 0.771. The van der Waals surface area contributed by atoms with Crippen molar-refractivity contribution in [3.05, 3.63) is 65.3 Å². The molecule has 5 rings (SSSR count). The monoisotopic (exact) mass is 465 g/mol. The van der Waals surface area contributed by atoms with Gasteiger partial charge < -0.3 is 14.6 Å². The van der Waals surface area contributed by atoms with E-state index in [9.17, 15) is 14.0 Å². The van der Waals surface area contributed by atoms with Crippen molar-refractivity contribution in [3.63, 3.8) is 0 Å². The molecule has 2 aromatic heterocycles. The van der Waals surface area contributed by atoms with Crippen molar-refractivity contribution < 1.29 is 19.8 Å². The Morgan fingerprint density at radius 2 is 2.06 bits per heavy atom. The summed E-state index contributed by atoms with van der Waals surface area (Å²) < 4.78 is 18.9. The number of hydrogen-bond acceptors (Lipinski definition) is 4. The van der Waals surface area contributed by atoms with Gasteiger partial charge in [0.25, 0.3) is 0 Å². The van der Waals surface area contributed by atoms with Crippen LogP contribution < -0.4 is 5.32 Å². The Morgan fingerprint density at radius 1 is 1.26 bits per heavy atom. The molecular weight excluding hydrogens is 433 g/mol. The lowest BCUT2D eigenvalue weighted by Crippen LogP contribution is -2.37. The first-order valence-electron chi connectivity index (χ1n) is 12.0. The summed E-state index contributed by atoms with van der Waals surface area (Å²) in [7, 11) is 0. The van der Waals surface area contributed by atoms with Gasteiger partial charge in [-0.15, -0.1) is 0 Å². The van der Waals surface area contributed by atoms with E-state index in [4.69, 9.17) is 4.42 Å². The number of pyridine rings is 1. The van der Waals surface area contributed by atoms with Crippen LogP contribution in [0.15, 0.2) is 47.2 Å². The number of piperidine rings is 1. The summed E-state index contributed by atoms with van der Waals surface area (Å²) in [6, 6.07) is 6.62. The maximum absolute atomic E-state index is 13.4. The maximum Gasteiger partial charge on any atom is 0.246 e. The number of anilines is 1. The van der Waals surface area contributed by atoms with Crippen molar-refractivity contribution in [1.29, 1.82) is 0 Å². The van der Waals surface area contributed by atoms with Crippen LogP contribution in [-0.2, 0) is 22.4 Å². The van der Waals surface area contributed by atoms with Crippen LogP contribution >= 0.6 is 0 Å². The molecule has 0 saturated carbocycles. The maximum atomic E-state index is 13.4. The van der Waals surface area contributed by atoms with E-state index < -0.39 is 0 Å². The molecule has 0 aliphatic carbocycles. The number of amides is 2. The highest BCUT2D eigenvalue weighted by molar-refractivity contribution is 5.94. The molecular formula is C27H32FN3O3. The quantitative estimate of drug-likeness (QED) is 0.508. The molecule has 0 bridgehead atoms. The summed E-state index contributed by atoms with van der Waals surface area (Å²) in [5, 5.41) is 3.73. The van der Waals surface area contributed by atoms with Gasteiger partial charge >= 0.3 is 0 Å². The highest BCUT2D eigenvalue weighted by atomic mass is 19.1. The Labute approximate surface area is 200 Å². The molecule has 3 aromatic rings. The molecule has 2 aliphatic rings. The minimum atomic E-state index is -0.295. The van der Waals surface area contributed by atoms with Crippen LogP contribution in [0.25, 0.3) is 17.0 Å². The van der Waals surface area contributed by atoms with Gasteiger partial charge in [-0.2, -0.15) is 0 Å². The van der Waals surface area contributed by atoms with Gasteiger partial charge in [0.2, 0.25) is 11.8 Å². The minimum absolute atomic E-state index is 0. The molecule has 1 N–H and O–H groups in total. The van der Waals surface area contributed by atoms with E-state index in [1.165, 1.54) is 12.1 Å². The molecule has 1 fully saturated rings. The summed E-state index contributed by atoms with van der Waals surface area (Å²) in [6.07, 6.45) is 10.6. The van der Waals surface area contributed by atoms with Gasteiger partial charge in [-0.05, 0) is 72.6 Å². The van der Waals surface area contributed by atoms with E-state index >= 15 is 0 Å². The normalized spacial score (nSPS) is 16.2. The summed E-state index contributed by atoms with van der Waals surface area (Å²) in [5.41, 5.74) is 3.53. The predicted octanol–water partition coefficient (Wildman–Crippen LogP) is 5.62. The molecule has 4 heterocycles. The van der Waals surface area contributed by atoms with Crippen molar-refractivity contribution in [1.82, 2.24) is 9.88 Å². The van der Waals surface area contributed by atoms with Gasteiger partial charge in [0, 0.05) is 44.7 Å². The fraction of sp³-hybridized carbons (Fsp3) is 0.370. The number of benzene rings is 1. The SMILES string of the molecule is CC.O=C1CCc2cc(/C=C/C(=O)N3CCC(Cc4coc5cc(F)ccc45)CC3)cnc2N1.[HH]. The van der Waals surface area contributed by atoms with Crippen LogP contribution in [0, 0.1) is 11.7 Å². The smallest absolute Gasteiger partial charge is 0.246 e. The molecule has 1 aromatic carbocycles. The number of fused-ring (bicyclic) bond motifs is 2. The lowest BCUT2D eigenvalue weighted by atomic mass is 9.90. The van der Waals surface area contributed by atoms with E-state index in [1.54, 1.807) is 30.7 Å². The first-order valence-corrected chi connectivity index (χ1v) is 12.0. The molecule has 7 heteroatoms. The predicted molar refractivity (Wildman–Crippen MR) is 133 cm³/mol. The number of nitrogens with zero attached hydrogens (tertiary/aromatic N) is 2. The van der Waals surface area contributed by atoms with E-state index in [0.29, 0.717) is 43.2 Å². The number of carbonyl (C=O) groups excluding carboxylic acids is 2. The molecule has 180 valence electrons. The van der Waals surface area contributed by atoms with E-state index in [1.807, 2.05) is 24.8 Å². The van der Waals surface area contributed by atoms with Crippen LogP contribution in [0.2, 0.25) is 0 Å². The molecule has 1 saturated heterocycles. The molecule has 0 radical (unpaired) electrons. The molecule has 2 amide bonds. The fourth-order valence-corrected chi connectivity index (χ4v) is 4.52. The highest BCUT2D eigenvalue weighted by Crippen LogP contribution is 2.28. The van der Waals surface area contributed by atoms with Gasteiger partial charge in [-0.3, -0.25) is 9.59 Å². The first kappa shape index (κ1) is 23.7. The van der Waals surface area contributed by atoms with Crippen molar-refractivity contribution in [2.75, 3.05) is 18.4 Å². The standard InChI is InChI=1S/C25H24FN3O3.C2H6.H2/c26-20-3-4-21-19(15-32-22(21)13-20)11-16-7-9-29(10-8-16)24(31)6-1-17-12-18-2-5-23(30)28-25(18)27-14-17;1-2;/h1,3-4,6,12-16H,2,5,7-11H2,(H,27,28,30);1-2H3;1H/b6-1+;;. The molecule has 0 spiro atoms. The van der Waals surface area contributed by atoms with Gasteiger partial charge in [0.05, 0.1) is 6.26 Å².